The van der Waals surface area contributed by atoms with E-state index in [4.69, 9.17) is 10.5 Å². The normalized spacial score (nSPS) is 9.71. The number of rotatable bonds is 4. The topological polar surface area (TPSA) is 47.6 Å². The lowest BCUT2D eigenvalue weighted by Gasteiger charge is -2.08. The van der Waals surface area contributed by atoms with E-state index in [1.54, 1.807) is 0 Å². The van der Waals surface area contributed by atoms with E-state index in [2.05, 4.69) is 24.3 Å². The summed E-state index contributed by atoms with van der Waals surface area (Å²) in [5.74, 6) is 0.699. The van der Waals surface area contributed by atoms with E-state index in [-0.39, 0.29) is 16.5 Å². The van der Waals surface area contributed by atoms with Crippen LogP contribution >= 0.6 is 0 Å². The van der Waals surface area contributed by atoms with Gasteiger partial charge in [0.15, 0.2) is 9.79 Å². The van der Waals surface area contributed by atoms with Crippen molar-refractivity contribution in [1.29, 1.82) is 10.5 Å². The molecule has 2 aromatic rings. The molecule has 0 saturated carbocycles. The van der Waals surface area contributed by atoms with Crippen molar-refractivity contribution in [3.05, 3.63) is 71.8 Å². The van der Waals surface area contributed by atoms with Crippen LogP contribution in [-0.2, 0) is 10.9 Å². The first-order chi connectivity index (χ1) is 10.3. The highest BCUT2D eigenvalue weighted by atomic mass is 32.2. The first-order valence-electron chi connectivity index (χ1n) is 6.57. The maximum Gasteiger partial charge on any atom is 0.161 e. The molecule has 21 heavy (non-hydrogen) atoms. The van der Waals surface area contributed by atoms with Crippen LogP contribution in [0, 0.1) is 22.7 Å². The second-order valence-corrected chi connectivity index (χ2v) is 6.55. The van der Waals surface area contributed by atoms with Gasteiger partial charge >= 0.3 is 0 Å². The van der Waals surface area contributed by atoms with Crippen LogP contribution in [0.4, 0.5) is 0 Å². The highest BCUT2D eigenvalue weighted by Gasteiger charge is 2.26. The van der Waals surface area contributed by atoms with Gasteiger partial charge in [-0.2, -0.15) is 10.5 Å². The van der Waals surface area contributed by atoms with Gasteiger partial charge in [0, 0.05) is 5.57 Å². The zero-order valence-electron chi connectivity index (χ0n) is 11.8. The van der Waals surface area contributed by atoms with Crippen LogP contribution in [0.2, 0.25) is 0 Å². The number of hydrogen-bond acceptors (Lipinski definition) is 2. The second-order valence-electron chi connectivity index (χ2n) is 4.54. The third-order valence-electron chi connectivity index (χ3n) is 3.07. The van der Waals surface area contributed by atoms with Gasteiger partial charge in [-0.25, -0.2) is 0 Å². The van der Waals surface area contributed by atoms with E-state index in [0.717, 1.165) is 5.57 Å². The van der Waals surface area contributed by atoms with Crippen molar-refractivity contribution in [1.82, 2.24) is 0 Å². The molecule has 3 heteroatoms. The van der Waals surface area contributed by atoms with Gasteiger partial charge in [-0.1, -0.05) is 36.4 Å². The first-order valence-corrected chi connectivity index (χ1v) is 7.96. The van der Waals surface area contributed by atoms with Gasteiger partial charge in [0.05, 0.1) is 10.9 Å². The minimum Gasteiger partial charge on any atom is -0.192 e. The monoisotopic (exact) mass is 291 g/mol. The Kier molecular flexibility index (Phi) is 5.21. The van der Waals surface area contributed by atoms with Gasteiger partial charge in [0.25, 0.3) is 0 Å². The molecule has 0 heterocycles. The van der Waals surface area contributed by atoms with Crippen LogP contribution in [0.3, 0.4) is 0 Å². The predicted octanol–water partition coefficient (Wildman–Crippen LogP) is 4.09. The van der Waals surface area contributed by atoms with E-state index >= 15 is 0 Å². The van der Waals surface area contributed by atoms with Crippen molar-refractivity contribution in [3.8, 4) is 12.1 Å². The molecule has 2 rings (SSSR count). The Morgan fingerprint density at radius 1 is 0.857 bits per heavy atom. The highest BCUT2D eigenvalue weighted by Crippen LogP contribution is 2.26. The molecule has 2 nitrogen and oxygen atoms in total. The number of allylic oxidation sites excluding steroid dienone is 1. The Bertz CT molecular complexity index is 651. The molecule has 0 fully saturated rings. The minimum absolute atomic E-state index is 0.165. The highest BCUT2D eigenvalue weighted by molar-refractivity contribution is 7.97. The Morgan fingerprint density at radius 2 is 1.29 bits per heavy atom. The molecular formula is C18H15N2S+. The van der Waals surface area contributed by atoms with Crippen LogP contribution in [0.5, 0.6) is 0 Å². The van der Waals surface area contributed by atoms with Crippen molar-refractivity contribution in [2.24, 2.45) is 0 Å². The summed E-state index contributed by atoms with van der Waals surface area (Å²) >= 11 is 0. The van der Waals surface area contributed by atoms with Crippen LogP contribution in [-0.4, -0.2) is 5.75 Å². The van der Waals surface area contributed by atoms with Crippen LogP contribution in [0.25, 0.3) is 0 Å². The average molecular weight is 291 g/mol. The van der Waals surface area contributed by atoms with Crippen molar-refractivity contribution in [2.45, 2.75) is 16.7 Å². The zero-order chi connectivity index (χ0) is 15.1. The van der Waals surface area contributed by atoms with E-state index in [1.165, 1.54) is 9.79 Å². The number of hydrogen-bond donors (Lipinski definition) is 0. The Balaban J connectivity index is 2.42. The van der Waals surface area contributed by atoms with Gasteiger partial charge in [-0.05, 0) is 31.2 Å². The van der Waals surface area contributed by atoms with Crippen molar-refractivity contribution >= 4 is 10.9 Å². The summed E-state index contributed by atoms with van der Waals surface area (Å²) in [4.78, 5) is 2.44. The van der Waals surface area contributed by atoms with Gasteiger partial charge in [0.1, 0.15) is 23.5 Å². The Morgan fingerprint density at radius 3 is 1.67 bits per heavy atom. The maximum absolute atomic E-state index is 9.02. The molecule has 0 atom stereocenters. The van der Waals surface area contributed by atoms with Crippen molar-refractivity contribution < 1.29 is 0 Å². The summed E-state index contributed by atoms with van der Waals surface area (Å²) in [6, 6.07) is 24.4. The van der Waals surface area contributed by atoms with E-state index in [9.17, 15) is 0 Å². The third-order valence-corrected chi connectivity index (χ3v) is 5.47. The number of benzene rings is 2. The lowest BCUT2D eigenvalue weighted by atomic mass is 10.2. The Hall–Kier alpha value is -2.49. The molecule has 0 aliphatic carbocycles. The lowest BCUT2D eigenvalue weighted by molar-refractivity contribution is 1.29. The lowest BCUT2D eigenvalue weighted by Crippen LogP contribution is -2.10. The van der Waals surface area contributed by atoms with E-state index in [0.29, 0.717) is 5.75 Å². The SMILES string of the molecule is CC(C[S+](c1ccccc1)c1ccccc1)=C(C#N)C#N. The van der Waals surface area contributed by atoms with Gasteiger partial charge < -0.3 is 0 Å². The molecule has 0 amide bonds. The molecule has 0 bridgehead atoms. The molecule has 0 N–H and O–H groups in total. The number of nitrogens with zero attached hydrogens (tertiary/aromatic N) is 2. The van der Waals surface area contributed by atoms with Crippen LogP contribution in [0.15, 0.2) is 81.6 Å². The van der Waals surface area contributed by atoms with E-state index in [1.807, 2.05) is 55.5 Å². The van der Waals surface area contributed by atoms with Gasteiger partial charge in [-0.15, -0.1) is 0 Å². The molecule has 0 saturated heterocycles. The summed E-state index contributed by atoms with van der Waals surface area (Å²) in [6.07, 6.45) is 0. The molecule has 102 valence electrons. The fraction of sp³-hybridized carbons (Fsp3) is 0.111. The molecular weight excluding hydrogens is 276 g/mol. The molecule has 0 unspecified atom stereocenters. The fourth-order valence-electron chi connectivity index (χ4n) is 1.98. The third kappa shape index (κ3) is 3.75. The first kappa shape index (κ1) is 14.9. The minimum atomic E-state index is -0.165. The standard InChI is InChI=1S/C18H15N2S/c1-15(16(12-19)13-20)14-21(17-8-4-2-5-9-17)18-10-6-3-7-11-18/h2-11H,14H2,1H3/q+1. The smallest absolute Gasteiger partial charge is 0.161 e. The molecule has 0 spiro atoms. The Labute approximate surface area is 128 Å². The zero-order valence-corrected chi connectivity index (χ0v) is 12.6. The maximum atomic E-state index is 9.02. The summed E-state index contributed by atoms with van der Waals surface area (Å²) in [5.41, 5.74) is 1.07. The molecule has 0 aliphatic heterocycles. The molecule has 0 aromatic heterocycles. The molecule has 2 aromatic carbocycles. The average Bonchev–Trinajstić information content (AvgIpc) is 2.55. The summed E-state index contributed by atoms with van der Waals surface area (Å²) in [5, 5.41) is 18.0. The van der Waals surface area contributed by atoms with Crippen LogP contribution in [0.1, 0.15) is 6.92 Å². The quantitative estimate of drug-likeness (QED) is 0.629. The molecule has 0 radical (unpaired) electrons. The summed E-state index contributed by atoms with van der Waals surface area (Å²) in [7, 11) is -0.165. The second kappa shape index (κ2) is 7.33. The van der Waals surface area contributed by atoms with Crippen molar-refractivity contribution in [3.63, 3.8) is 0 Å². The fourth-order valence-corrected chi connectivity index (χ4v) is 4.13. The number of nitriles is 2. The molecule has 0 aliphatic rings. The van der Waals surface area contributed by atoms with Crippen molar-refractivity contribution in [2.75, 3.05) is 5.75 Å². The predicted molar refractivity (Wildman–Crippen MR) is 85.6 cm³/mol. The summed E-state index contributed by atoms with van der Waals surface area (Å²) < 4.78 is 0. The van der Waals surface area contributed by atoms with Gasteiger partial charge in [0.2, 0.25) is 0 Å². The van der Waals surface area contributed by atoms with Crippen LogP contribution < -0.4 is 0 Å². The van der Waals surface area contributed by atoms with E-state index < -0.39 is 0 Å². The summed E-state index contributed by atoms with van der Waals surface area (Å²) in [6.45, 7) is 1.87. The largest absolute Gasteiger partial charge is 0.192 e. The van der Waals surface area contributed by atoms with Gasteiger partial charge in [-0.3, -0.25) is 0 Å².